The van der Waals surface area contributed by atoms with Crippen LogP contribution in [0.25, 0.3) is 11.1 Å². The molecule has 5 rings (SSSR count). The smallest absolute Gasteiger partial charge is 0.254 e. The number of rotatable bonds is 3. The van der Waals surface area contributed by atoms with Crippen molar-refractivity contribution in [1.29, 1.82) is 0 Å². The molecule has 3 nitrogen and oxygen atoms in total. The zero-order valence-corrected chi connectivity index (χ0v) is 19.5. The lowest BCUT2D eigenvalue weighted by molar-refractivity contribution is 0.0664. The van der Waals surface area contributed by atoms with E-state index in [1.165, 1.54) is 11.3 Å². The van der Waals surface area contributed by atoms with E-state index in [1.807, 2.05) is 47.4 Å². The highest BCUT2D eigenvalue weighted by molar-refractivity contribution is 5.95. The number of benzene rings is 3. The van der Waals surface area contributed by atoms with Gasteiger partial charge >= 0.3 is 0 Å². The summed E-state index contributed by atoms with van der Waals surface area (Å²) in [7, 11) is 0. The molecule has 0 aliphatic carbocycles. The molecule has 1 aliphatic heterocycles. The van der Waals surface area contributed by atoms with Gasteiger partial charge in [-0.3, -0.25) is 4.79 Å². The van der Waals surface area contributed by atoms with Crippen molar-refractivity contribution in [1.82, 2.24) is 9.47 Å². The zero-order chi connectivity index (χ0) is 23.0. The summed E-state index contributed by atoms with van der Waals surface area (Å²) < 4.78 is 2.27. The number of fused-ring (bicyclic) bond motifs is 1. The molecule has 0 bridgehead atoms. The predicted molar refractivity (Wildman–Crippen MR) is 134 cm³/mol. The Balaban J connectivity index is 1.48. The third-order valence-electron chi connectivity index (χ3n) is 6.63. The van der Waals surface area contributed by atoms with Gasteiger partial charge in [0.05, 0.1) is 6.04 Å². The summed E-state index contributed by atoms with van der Waals surface area (Å²) in [6, 6.07) is 31.2. The Bertz CT molecular complexity index is 1250. The van der Waals surface area contributed by atoms with Gasteiger partial charge < -0.3 is 9.47 Å². The Morgan fingerprint density at radius 3 is 2.09 bits per heavy atom. The van der Waals surface area contributed by atoms with Crippen LogP contribution in [-0.2, 0) is 12.0 Å². The van der Waals surface area contributed by atoms with Crippen LogP contribution in [0.5, 0.6) is 0 Å². The van der Waals surface area contributed by atoms with E-state index in [0.29, 0.717) is 6.54 Å². The van der Waals surface area contributed by atoms with Gasteiger partial charge in [0.15, 0.2) is 0 Å². The van der Waals surface area contributed by atoms with Crippen LogP contribution < -0.4 is 0 Å². The molecule has 1 atom stereocenters. The summed E-state index contributed by atoms with van der Waals surface area (Å²) in [5.74, 6) is 0.0759. The Labute approximate surface area is 196 Å². The lowest BCUT2D eigenvalue weighted by Crippen LogP contribution is -2.42. The molecule has 0 saturated carbocycles. The van der Waals surface area contributed by atoms with Crippen LogP contribution in [0.1, 0.15) is 54.0 Å². The van der Waals surface area contributed by atoms with E-state index in [1.54, 1.807) is 0 Å². The third kappa shape index (κ3) is 4.11. The average Bonchev–Trinajstić information content (AvgIpc) is 3.32. The summed E-state index contributed by atoms with van der Waals surface area (Å²) in [6.07, 6.45) is 2.11. The van der Waals surface area contributed by atoms with E-state index in [2.05, 4.69) is 80.1 Å². The maximum atomic E-state index is 13.7. The van der Waals surface area contributed by atoms with E-state index < -0.39 is 0 Å². The monoisotopic (exact) mass is 434 g/mol. The second-order valence-electron chi connectivity index (χ2n) is 9.84. The minimum atomic E-state index is -0.0935. The molecule has 0 N–H and O–H groups in total. The fraction of sp³-hybridized carbons (Fsp3) is 0.233. The Kier molecular flexibility index (Phi) is 5.41. The molecule has 33 heavy (non-hydrogen) atoms. The number of hydrogen-bond acceptors (Lipinski definition) is 1. The van der Waals surface area contributed by atoms with E-state index in [4.69, 9.17) is 0 Å². The second-order valence-corrected chi connectivity index (χ2v) is 9.84. The van der Waals surface area contributed by atoms with Gasteiger partial charge in [0.25, 0.3) is 5.91 Å². The standard InChI is InChI=1S/C30H30N2O/c1-30(2,3)26-17-15-24(16-18-26)28-27-10-7-19-31(27)20-21-32(28)29(33)25-13-11-23(12-14-25)22-8-5-4-6-9-22/h4-19,28H,20-21H2,1-3H3/t28-/m0/s1. The molecule has 4 aromatic rings. The largest absolute Gasteiger partial charge is 0.348 e. The average molecular weight is 435 g/mol. The van der Waals surface area contributed by atoms with Gasteiger partial charge in [0.2, 0.25) is 0 Å². The first-order valence-corrected chi connectivity index (χ1v) is 11.6. The number of carbonyl (C=O) groups is 1. The molecule has 166 valence electrons. The van der Waals surface area contributed by atoms with Crippen molar-refractivity contribution in [3.63, 3.8) is 0 Å². The number of aromatic nitrogens is 1. The highest BCUT2D eigenvalue weighted by atomic mass is 16.2. The quantitative estimate of drug-likeness (QED) is 0.352. The van der Waals surface area contributed by atoms with Crippen LogP contribution >= 0.6 is 0 Å². The van der Waals surface area contributed by atoms with Crippen molar-refractivity contribution in [3.8, 4) is 11.1 Å². The van der Waals surface area contributed by atoms with Crippen LogP contribution in [0, 0.1) is 0 Å². The minimum Gasteiger partial charge on any atom is -0.348 e. The van der Waals surface area contributed by atoms with Crippen LogP contribution in [0.3, 0.4) is 0 Å². The van der Waals surface area contributed by atoms with Gasteiger partial charge in [-0.05, 0) is 51.9 Å². The molecule has 0 radical (unpaired) electrons. The molecule has 1 aliphatic rings. The molecule has 0 unspecified atom stereocenters. The van der Waals surface area contributed by atoms with E-state index >= 15 is 0 Å². The molecule has 1 aromatic heterocycles. The van der Waals surface area contributed by atoms with E-state index in [9.17, 15) is 4.79 Å². The van der Waals surface area contributed by atoms with Crippen molar-refractivity contribution >= 4 is 5.91 Å². The molecule has 0 fully saturated rings. The maximum absolute atomic E-state index is 13.7. The van der Waals surface area contributed by atoms with Gasteiger partial charge in [0.1, 0.15) is 0 Å². The highest BCUT2D eigenvalue weighted by Gasteiger charge is 2.32. The van der Waals surface area contributed by atoms with Gasteiger partial charge in [-0.2, -0.15) is 0 Å². The maximum Gasteiger partial charge on any atom is 0.254 e. The first-order chi connectivity index (χ1) is 15.9. The molecule has 1 amide bonds. The summed E-state index contributed by atoms with van der Waals surface area (Å²) >= 11 is 0. The molecular formula is C30H30N2O. The van der Waals surface area contributed by atoms with Crippen molar-refractivity contribution in [2.24, 2.45) is 0 Å². The van der Waals surface area contributed by atoms with Gasteiger partial charge in [-0.15, -0.1) is 0 Å². The van der Waals surface area contributed by atoms with Gasteiger partial charge in [-0.25, -0.2) is 0 Å². The third-order valence-corrected chi connectivity index (χ3v) is 6.63. The summed E-state index contributed by atoms with van der Waals surface area (Å²) in [6.45, 7) is 8.17. The lowest BCUT2D eigenvalue weighted by atomic mass is 9.86. The molecule has 0 spiro atoms. The summed E-state index contributed by atoms with van der Waals surface area (Å²) in [5, 5.41) is 0. The fourth-order valence-corrected chi connectivity index (χ4v) is 4.72. The first-order valence-electron chi connectivity index (χ1n) is 11.6. The fourth-order valence-electron chi connectivity index (χ4n) is 4.72. The van der Waals surface area contributed by atoms with Gasteiger partial charge in [-0.1, -0.05) is 87.5 Å². The normalized spacial score (nSPS) is 15.8. The minimum absolute atomic E-state index is 0.0759. The van der Waals surface area contributed by atoms with Crippen LogP contribution in [0.2, 0.25) is 0 Å². The van der Waals surface area contributed by atoms with Crippen LogP contribution in [0.4, 0.5) is 0 Å². The van der Waals surface area contributed by atoms with Gasteiger partial charge in [0, 0.05) is 30.5 Å². The Morgan fingerprint density at radius 2 is 1.42 bits per heavy atom. The Morgan fingerprint density at radius 1 is 0.758 bits per heavy atom. The molecular weight excluding hydrogens is 404 g/mol. The number of carbonyl (C=O) groups excluding carboxylic acids is 1. The molecule has 2 heterocycles. The Hall–Kier alpha value is -3.59. The van der Waals surface area contributed by atoms with E-state index in [0.717, 1.165) is 28.8 Å². The molecule has 3 aromatic carbocycles. The number of hydrogen-bond donors (Lipinski definition) is 0. The SMILES string of the molecule is CC(C)(C)c1ccc([C@H]2c3cccn3CCN2C(=O)c2ccc(-c3ccccc3)cc2)cc1. The predicted octanol–water partition coefficient (Wildman–Crippen LogP) is 6.70. The molecule has 3 heteroatoms. The number of nitrogens with zero attached hydrogens (tertiary/aromatic N) is 2. The van der Waals surface area contributed by atoms with Crippen molar-refractivity contribution < 1.29 is 4.79 Å². The molecule has 0 saturated heterocycles. The second kappa shape index (κ2) is 8.40. The highest BCUT2D eigenvalue weighted by Crippen LogP contribution is 2.35. The summed E-state index contributed by atoms with van der Waals surface area (Å²) in [4.78, 5) is 15.7. The van der Waals surface area contributed by atoms with E-state index in [-0.39, 0.29) is 17.4 Å². The first kappa shape index (κ1) is 21.3. The van der Waals surface area contributed by atoms with Crippen LogP contribution in [0.15, 0.2) is 97.2 Å². The lowest BCUT2D eigenvalue weighted by Gasteiger charge is -2.37. The topological polar surface area (TPSA) is 25.2 Å². The summed E-state index contributed by atoms with van der Waals surface area (Å²) in [5.41, 5.74) is 6.72. The van der Waals surface area contributed by atoms with Crippen molar-refractivity contribution in [3.05, 3.63) is 120 Å². The van der Waals surface area contributed by atoms with Crippen molar-refractivity contribution in [2.75, 3.05) is 6.54 Å². The zero-order valence-electron chi connectivity index (χ0n) is 19.5. The van der Waals surface area contributed by atoms with Crippen molar-refractivity contribution in [2.45, 2.75) is 38.8 Å². The van der Waals surface area contributed by atoms with Crippen LogP contribution in [-0.4, -0.2) is 21.9 Å². The number of amides is 1.